The highest BCUT2D eigenvalue weighted by Crippen LogP contribution is 2.27. The van der Waals surface area contributed by atoms with Gasteiger partial charge in [0.1, 0.15) is 5.76 Å². The van der Waals surface area contributed by atoms with Gasteiger partial charge in [-0.25, -0.2) is 0 Å². The number of benzene rings is 2. The first-order chi connectivity index (χ1) is 13.9. The molecule has 3 aromatic rings. The summed E-state index contributed by atoms with van der Waals surface area (Å²) in [7, 11) is 0. The summed E-state index contributed by atoms with van der Waals surface area (Å²) in [6, 6.07) is 15.0. The van der Waals surface area contributed by atoms with Gasteiger partial charge >= 0.3 is 0 Å². The fourth-order valence-corrected chi connectivity index (χ4v) is 3.54. The first-order valence-electron chi connectivity index (χ1n) is 10.1. The lowest BCUT2D eigenvalue weighted by Crippen LogP contribution is -2.38. The lowest BCUT2D eigenvalue weighted by Gasteiger charge is -2.24. The second-order valence-electron chi connectivity index (χ2n) is 7.41. The molecule has 0 unspecified atom stereocenters. The maximum atomic E-state index is 12.9. The van der Waals surface area contributed by atoms with E-state index in [1.54, 1.807) is 25.1 Å². The number of rotatable bonds is 7. The SMILES string of the molecule is CCN(CCNC(=O)c1cccc2c(=O)c(C)c(-c3ccccc3)oc12)C(C)C. The summed E-state index contributed by atoms with van der Waals surface area (Å²) < 4.78 is 6.13. The van der Waals surface area contributed by atoms with Crippen molar-refractivity contribution in [2.24, 2.45) is 0 Å². The number of nitrogens with one attached hydrogen (secondary N) is 1. The van der Waals surface area contributed by atoms with Crippen LogP contribution < -0.4 is 10.7 Å². The van der Waals surface area contributed by atoms with Crippen molar-refractivity contribution >= 4 is 16.9 Å². The van der Waals surface area contributed by atoms with Crippen molar-refractivity contribution < 1.29 is 9.21 Å². The molecule has 0 fully saturated rings. The molecule has 0 saturated carbocycles. The molecule has 1 amide bonds. The van der Waals surface area contributed by atoms with Crippen LogP contribution in [-0.2, 0) is 0 Å². The molecule has 5 heteroatoms. The molecule has 29 heavy (non-hydrogen) atoms. The maximum Gasteiger partial charge on any atom is 0.255 e. The molecule has 0 aliphatic rings. The van der Waals surface area contributed by atoms with E-state index < -0.39 is 0 Å². The molecule has 0 radical (unpaired) electrons. The van der Waals surface area contributed by atoms with Crippen molar-refractivity contribution in [3.8, 4) is 11.3 Å². The van der Waals surface area contributed by atoms with Crippen LogP contribution >= 0.6 is 0 Å². The third-order valence-corrected chi connectivity index (χ3v) is 5.25. The van der Waals surface area contributed by atoms with E-state index in [-0.39, 0.29) is 11.3 Å². The third-order valence-electron chi connectivity index (χ3n) is 5.25. The largest absolute Gasteiger partial charge is 0.455 e. The monoisotopic (exact) mass is 392 g/mol. The molecule has 0 bridgehead atoms. The fourth-order valence-electron chi connectivity index (χ4n) is 3.54. The van der Waals surface area contributed by atoms with Crippen molar-refractivity contribution in [3.05, 3.63) is 69.9 Å². The normalized spacial score (nSPS) is 11.4. The Morgan fingerprint density at radius 3 is 2.48 bits per heavy atom. The molecule has 1 heterocycles. The predicted molar refractivity (Wildman–Crippen MR) is 117 cm³/mol. The van der Waals surface area contributed by atoms with Crippen LogP contribution in [0.5, 0.6) is 0 Å². The number of likely N-dealkylation sites (N-methyl/N-ethyl adjacent to an activating group) is 1. The highest BCUT2D eigenvalue weighted by atomic mass is 16.3. The van der Waals surface area contributed by atoms with Gasteiger partial charge in [0.05, 0.1) is 10.9 Å². The lowest BCUT2D eigenvalue weighted by atomic mass is 10.0. The molecule has 0 aliphatic heterocycles. The standard InChI is InChI=1S/C24H28N2O3/c1-5-26(16(2)3)15-14-25-24(28)20-13-9-12-19-21(27)17(4)22(29-23(19)20)18-10-7-6-8-11-18/h6-13,16H,5,14-15H2,1-4H3,(H,25,28). The molecule has 152 valence electrons. The molecule has 0 saturated heterocycles. The summed E-state index contributed by atoms with van der Waals surface area (Å²) in [5, 5.41) is 3.38. The second kappa shape index (κ2) is 9.05. The van der Waals surface area contributed by atoms with Crippen LogP contribution in [0, 0.1) is 6.92 Å². The quantitative estimate of drug-likeness (QED) is 0.654. The molecule has 3 rings (SSSR count). The first-order valence-corrected chi connectivity index (χ1v) is 10.1. The average molecular weight is 392 g/mol. The number of hydrogen-bond acceptors (Lipinski definition) is 4. The van der Waals surface area contributed by atoms with Gasteiger partial charge in [0, 0.05) is 30.3 Å². The Morgan fingerprint density at radius 1 is 1.10 bits per heavy atom. The van der Waals surface area contributed by atoms with Crippen LogP contribution in [0.4, 0.5) is 0 Å². The Kier molecular flexibility index (Phi) is 6.49. The number of fused-ring (bicyclic) bond motifs is 1. The van der Waals surface area contributed by atoms with Gasteiger partial charge in [-0.05, 0) is 39.4 Å². The van der Waals surface area contributed by atoms with E-state index in [0.29, 0.717) is 40.4 Å². The van der Waals surface area contributed by atoms with Crippen LogP contribution in [0.1, 0.15) is 36.7 Å². The lowest BCUT2D eigenvalue weighted by molar-refractivity contribution is 0.0946. The van der Waals surface area contributed by atoms with Crippen LogP contribution in [0.2, 0.25) is 0 Å². The second-order valence-corrected chi connectivity index (χ2v) is 7.41. The van der Waals surface area contributed by atoms with Crippen molar-refractivity contribution in [2.45, 2.75) is 33.7 Å². The summed E-state index contributed by atoms with van der Waals surface area (Å²) in [6.45, 7) is 10.4. The first kappa shape index (κ1) is 20.8. The summed E-state index contributed by atoms with van der Waals surface area (Å²) in [5.74, 6) is 0.265. The topological polar surface area (TPSA) is 62.6 Å². The zero-order valence-electron chi connectivity index (χ0n) is 17.5. The van der Waals surface area contributed by atoms with Gasteiger partial charge in [-0.2, -0.15) is 0 Å². The molecular formula is C24H28N2O3. The zero-order chi connectivity index (χ0) is 21.0. The Hall–Kier alpha value is -2.92. The Balaban J connectivity index is 1.95. The molecule has 1 aromatic heterocycles. The number of nitrogens with zero attached hydrogens (tertiary/aromatic N) is 1. The molecule has 2 aromatic carbocycles. The van der Waals surface area contributed by atoms with Crippen LogP contribution in [-0.4, -0.2) is 36.5 Å². The Bertz CT molecular complexity index is 1050. The van der Waals surface area contributed by atoms with E-state index in [1.165, 1.54) is 0 Å². The third kappa shape index (κ3) is 4.40. The van der Waals surface area contributed by atoms with E-state index in [1.807, 2.05) is 30.3 Å². The van der Waals surface area contributed by atoms with Gasteiger partial charge in [0.2, 0.25) is 0 Å². The summed E-state index contributed by atoms with van der Waals surface area (Å²) in [4.78, 5) is 28.0. The summed E-state index contributed by atoms with van der Waals surface area (Å²) >= 11 is 0. The van der Waals surface area contributed by atoms with Crippen LogP contribution in [0.15, 0.2) is 57.7 Å². The van der Waals surface area contributed by atoms with E-state index in [4.69, 9.17) is 4.42 Å². The Morgan fingerprint density at radius 2 is 1.83 bits per heavy atom. The number of hydrogen-bond donors (Lipinski definition) is 1. The minimum atomic E-state index is -0.235. The number of amides is 1. The number of carbonyl (C=O) groups excluding carboxylic acids is 1. The van der Waals surface area contributed by atoms with E-state index in [0.717, 1.165) is 18.7 Å². The van der Waals surface area contributed by atoms with Crippen molar-refractivity contribution in [2.75, 3.05) is 19.6 Å². The van der Waals surface area contributed by atoms with E-state index in [2.05, 4.69) is 31.0 Å². The van der Waals surface area contributed by atoms with E-state index in [9.17, 15) is 9.59 Å². The number of carbonyl (C=O) groups is 1. The minimum absolute atomic E-state index is 0.114. The van der Waals surface area contributed by atoms with Crippen molar-refractivity contribution in [3.63, 3.8) is 0 Å². The van der Waals surface area contributed by atoms with Crippen LogP contribution in [0.25, 0.3) is 22.3 Å². The molecule has 0 atom stereocenters. The highest BCUT2D eigenvalue weighted by Gasteiger charge is 2.18. The van der Waals surface area contributed by atoms with E-state index >= 15 is 0 Å². The fraction of sp³-hybridized carbons (Fsp3) is 0.333. The van der Waals surface area contributed by atoms with Gasteiger partial charge in [0.25, 0.3) is 5.91 Å². The van der Waals surface area contributed by atoms with Gasteiger partial charge in [-0.1, -0.05) is 43.3 Å². The van der Waals surface area contributed by atoms with Gasteiger partial charge in [-0.15, -0.1) is 0 Å². The Labute approximate surface area is 171 Å². The minimum Gasteiger partial charge on any atom is -0.455 e. The summed E-state index contributed by atoms with van der Waals surface area (Å²) in [6.07, 6.45) is 0. The molecule has 1 N–H and O–H groups in total. The molecule has 0 aliphatic carbocycles. The molecular weight excluding hydrogens is 364 g/mol. The zero-order valence-corrected chi connectivity index (χ0v) is 17.5. The molecule has 0 spiro atoms. The van der Waals surface area contributed by atoms with Gasteiger partial charge in [0.15, 0.2) is 11.0 Å². The summed E-state index contributed by atoms with van der Waals surface area (Å²) in [5.41, 5.74) is 1.95. The van der Waals surface area contributed by atoms with Crippen molar-refractivity contribution in [1.29, 1.82) is 0 Å². The number of para-hydroxylation sites is 1. The molecule has 5 nitrogen and oxygen atoms in total. The maximum absolute atomic E-state index is 12.9. The predicted octanol–water partition coefficient (Wildman–Crippen LogP) is 4.23. The van der Waals surface area contributed by atoms with Crippen molar-refractivity contribution in [1.82, 2.24) is 10.2 Å². The highest BCUT2D eigenvalue weighted by molar-refractivity contribution is 6.05. The van der Waals surface area contributed by atoms with Gasteiger partial charge < -0.3 is 9.73 Å². The van der Waals surface area contributed by atoms with Gasteiger partial charge in [-0.3, -0.25) is 14.5 Å². The average Bonchev–Trinajstić information content (AvgIpc) is 2.73. The smallest absolute Gasteiger partial charge is 0.255 e. The van der Waals surface area contributed by atoms with Crippen LogP contribution in [0.3, 0.4) is 0 Å².